The molecule has 0 fully saturated rings. The number of aromatic nitrogens is 3. The van der Waals surface area contributed by atoms with E-state index >= 15 is 0 Å². The number of fused-ring (bicyclic) bond motifs is 3. The Hall–Kier alpha value is -3.33. The van der Waals surface area contributed by atoms with Crippen LogP contribution in [0.15, 0.2) is 30.5 Å². The molecule has 1 aromatic carbocycles. The van der Waals surface area contributed by atoms with Crippen LogP contribution in [0.4, 0.5) is 17.3 Å². The summed E-state index contributed by atoms with van der Waals surface area (Å²) in [5.74, 6) is 1.69. The zero-order valence-corrected chi connectivity index (χ0v) is 16.8. The van der Waals surface area contributed by atoms with Crippen LogP contribution in [-0.4, -0.2) is 46.8 Å². The predicted molar refractivity (Wildman–Crippen MR) is 110 cm³/mol. The third-order valence-corrected chi connectivity index (χ3v) is 5.07. The number of methoxy groups -OCH3 is 1. The van der Waals surface area contributed by atoms with E-state index in [-0.39, 0.29) is 18.1 Å². The van der Waals surface area contributed by atoms with Gasteiger partial charge < -0.3 is 25.4 Å². The summed E-state index contributed by atoms with van der Waals surface area (Å²) in [6.07, 6.45) is 1.34. The Morgan fingerprint density at radius 3 is 2.90 bits per heavy atom. The second-order valence-electron chi connectivity index (χ2n) is 7.01. The number of carbonyl (C=O) groups is 1. The number of nitrogens with one attached hydrogen (secondary N) is 3. The molecular formula is C20H24N6O3. The zero-order chi connectivity index (χ0) is 20.5. The summed E-state index contributed by atoms with van der Waals surface area (Å²) in [6, 6.07) is 7.45. The molecule has 0 radical (unpaired) electrons. The Labute approximate surface area is 168 Å². The van der Waals surface area contributed by atoms with Gasteiger partial charge in [-0.25, -0.2) is 4.98 Å². The number of rotatable bonds is 2. The molecule has 9 nitrogen and oxygen atoms in total. The van der Waals surface area contributed by atoms with Crippen molar-refractivity contribution in [2.75, 3.05) is 24.8 Å². The Morgan fingerprint density at radius 2 is 2.14 bits per heavy atom. The standard InChI is InChI=1S/C20H24N6O3/c1-11-12(2)29-10-13-5-6-16(28-4)15(7-13)24-17-8-18(21-3)26-19(25-17)14(9-22-26)20(27)23-11/h5-9,11-12,21H,10H2,1-4H3,(H,23,27)(H,24,25). The van der Waals surface area contributed by atoms with E-state index in [0.717, 1.165) is 11.3 Å². The maximum atomic E-state index is 12.9. The summed E-state index contributed by atoms with van der Waals surface area (Å²) >= 11 is 0. The summed E-state index contributed by atoms with van der Waals surface area (Å²) in [5.41, 5.74) is 2.58. The second kappa shape index (κ2) is 7.59. The van der Waals surface area contributed by atoms with Crippen molar-refractivity contribution in [3.05, 3.63) is 41.6 Å². The number of nitrogens with zero attached hydrogens (tertiary/aromatic N) is 3. The minimum Gasteiger partial charge on any atom is -0.495 e. The first-order chi connectivity index (χ1) is 14.0. The number of benzene rings is 1. The molecule has 1 amide bonds. The largest absolute Gasteiger partial charge is 0.495 e. The summed E-state index contributed by atoms with van der Waals surface area (Å²) in [7, 11) is 3.41. The van der Waals surface area contributed by atoms with Crippen LogP contribution in [0.5, 0.6) is 5.75 Å². The topological polar surface area (TPSA) is 102 Å². The fourth-order valence-electron chi connectivity index (χ4n) is 3.22. The predicted octanol–water partition coefficient (Wildman–Crippen LogP) is 2.56. The van der Waals surface area contributed by atoms with Crippen LogP contribution in [0.2, 0.25) is 0 Å². The van der Waals surface area contributed by atoms with Gasteiger partial charge in [-0.2, -0.15) is 9.61 Å². The summed E-state index contributed by atoms with van der Waals surface area (Å²) in [5, 5.41) is 13.7. The molecule has 2 atom stereocenters. The molecule has 0 saturated carbocycles. The van der Waals surface area contributed by atoms with E-state index in [0.29, 0.717) is 35.2 Å². The number of amides is 1. The van der Waals surface area contributed by atoms with E-state index in [1.165, 1.54) is 6.20 Å². The number of ether oxygens (including phenoxy) is 2. The van der Waals surface area contributed by atoms with Gasteiger partial charge in [0.15, 0.2) is 5.65 Å². The van der Waals surface area contributed by atoms with Crippen molar-refractivity contribution in [3.63, 3.8) is 0 Å². The van der Waals surface area contributed by atoms with E-state index in [9.17, 15) is 4.79 Å². The molecule has 2 aromatic heterocycles. The van der Waals surface area contributed by atoms with Crippen LogP contribution >= 0.6 is 0 Å². The molecule has 152 valence electrons. The molecule has 0 saturated heterocycles. The highest BCUT2D eigenvalue weighted by atomic mass is 16.5. The van der Waals surface area contributed by atoms with Gasteiger partial charge in [-0.1, -0.05) is 6.07 Å². The minimum absolute atomic E-state index is 0.182. The average molecular weight is 396 g/mol. The van der Waals surface area contributed by atoms with E-state index in [4.69, 9.17) is 9.47 Å². The third kappa shape index (κ3) is 3.56. The SMILES string of the molecule is CNc1cc2nc3c(cnn13)C(=O)NC(C)C(C)OCc1ccc(OC)c(c1)N2. The van der Waals surface area contributed by atoms with Crippen molar-refractivity contribution in [2.24, 2.45) is 0 Å². The quantitative estimate of drug-likeness (QED) is 0.612. The average Bonchev–Trinajstić information content (AvgIpc) is 3.15. The van der Waals surface area contributed by atoms with Crippen LogP contribution in [-0.2, 0) is 11.3 Å². The molecule has 2 unspecified atom stereocenters. The highest BCUT2D eigenvalue weighted by molar-refractivity contribution is 6.00. The van der Waals surface area contributed by atoms with Crippen molar-refractivity contribution in [3.8, 4) is 5.75 Å². The smallest absolute Gasteiger partial charge is 0.257 e. The van der Waals surface area contributed by atoms with E-state index in [1.807, 2.05) is 38.1 Å². The zero-order valence-electron chi connectivity index (χ0n) is 16.8. The minimum atomic E-state index is -0.247. The molecule has 4 bridgehead atoms. The van der Waals surface area contributed by atoms with Gasteiger partial charge in [0.2, 0.25) is 0 Å². The molecule has 4 rings (SSSR count). The maximum absolute atomic E-state index is 12.9. The molecule has 1 aliphatic heterocycles. The molecule has 3 heterocycles. The number of hydrogen-bond donors (Lipinski definition) is 3. The number of hydrogen-bond acceptors (Lipinski definition) is 7. The normalized spacial score (nSPS) is 19.4. The Bertz CT molecular complexity index is 1060. The van der Waals surface area contributed by atoms with E-state index in [2.05, 4.69) is 26.0 Å². The van der Waals surface area contributed by atoms with Gasteiger partial charge in [0.05, 0.1) is 37.7 Å². The van der Waals surface area contributed by atoms with Gasteiger partial charge in [-0.05, 0) is 31.5 Å². The van der Waals surface area contributed by atoms with Crippen LogP contribution in [0.25, 0.3) is 5.65 Å². The third-order valence-electron chi connectivity index (χ3n) is 5.07. The number of anilines is 3. The summed E-state index contributed by atoms with van der Waals surface area (Å²) in [4.78, 5) is 17.5. The van der Waals surface area contributed by atoms with Gasteiger partial charge in [-0.15, -0.1) is 0 Å². The maximum Gasteiger partial charge on any atom is 0.257 e. The highest BCUT2D eigenvalue weighted by Gasteiger charge is 2.22. The van der Waals surface area contributed by atoms with Crippen molar-refractivity contribution in [1.29, 1.82) is 0 Å². The molecule has 9 heteroatoms. The van der Waals surface area contributed by atoms with Crippen LogP contribution < -0.4 is 20.7 Å². The van der Waals surface area contributed by atoms with Gasteiger partial charge in [0.1, 0.15) is 22.9 Å². The van der Waals surface area contributed by atoms with Gasteiger partial charge in [0, 0.05) is 13.1 Å². The van der Waals surface area contributed by atoms with E-state index in [1.54, 1.807) is 18.7 Å². The fraction of sp³-hybridized carbons (Fsp3) is 0.350. The first-order valence-electron chi connectivity index (χ1n) is 9.43. The van der Waals surface area contributed by atoms with Crippen LogP contribution in [0.3, 0.4) is 0 Å². The molecule has 1 aliphatic rings. The first-order valence-corrected chi connectivity index (χ1v) is 9.43. The Kier molecular flexibility index (Phi) is 4.98. The van der Waals surface area contributed by atoms with Gasteiger partial charge >= 0.3 is 0 Å². The first kappa shape index (κ1) is 19.0. The van der Waals surface area contributed by atoms with Gasteiger partial charge in [-0.3, -0.25) is 4.79 Å². The van der Waals surface area contributed by atoms with Crippen molar-refractivity contribution < 1.29 is 14.3 Å². The molecule has 0 spiro atoms. The van der Waals surface area contributed by atoms with Gasteiger partial charge in [0.25, 0.3) is 5.91 Å². The Balaban J connectivity index is 1.89. The molecule has 29 heavy (non-hydrogen) atoms. The highest BCUT2D eigenvalue weighted by Crippen LogP contribution is 2.30. The fourth-order valence-corrected chi connectivity index (χ4v) is 3.22. The summed E-state index contributed by atoms with van der Waals surface area (Å²) < 4.78 is 13.1. The lowest BCUT2D eigenvalue weighted by atomic mass is 10.1. The van der Waals surface area contributed by atoms with Crippen LogP contribution in [0, 0.1) is 0 Å². The molecule has 3 N–H and O–H groups in total. The lowest BCUT2D eigenvalue weighted by molar-refractivity contribution is 0.0303. The lowest BCUT2D eigenvalue weighted by Crippen LogP contribution is -2.41. The van der Waals surface area contributed by atoms with Crippen molar-refractivity contribution in [1.82, 2.24) is 19.9 Å². The van der Waals surface area contributed by atoms with Crippen molar-refractivity contribution in [2.45, 2.75) is 32.6 Å². The number of carbonyl (C=O) groups excluding carboxylic acids is 1. The van der Waals surface area contributed by atoms with Crippen LogP contribution in [0.1, 0.15) is 29.8 Å². The summed E-state index contributed by atoms with van der Waals surface area (Å²) in [6.45, 7) is 4.26. The molecular weight excluding hydrogens is 372 g/mol. The van der Waals surface area contributed by atoms with E-state index < -0.39 is 0 Å². The lowest BCUT2D eigenvalue weighted by Gasteiger charge is -2.22. The molecule has 3 aromatic rings. The monoisotopic (exact) mass is 396 g/mol. The molecule has 0 aliphatic carbocycles. The Morgan fingerprint density at radius 1 is 1.31 bits per heavy atom. The van der Waals surface area contributed by atoms with Crippen molar-refractivity contribution >= 4 is 28.9 Å². The second-order valence-corrected chi connectivity index (χ2v) is 7.01.